The lowest BCUT2D eigenvalue weighted by Gasteiger charge is -2.42. The van der Waals surface area contributed by atoms with Gasteiger partial charge in [-0.3, -0.25) is 24.8 Å². The van der Waals surface area contributed by atoms with Gasteiger partial charge < -0.3 is 4.90 Å². The molecule has 5 rings (SSSR count). The zero-order valence-corrected chi connectivity index (χ0v) is 18.9. The molecule has 3 heterocycles. The number of hydrogen-bond acceptors (Lipinski definition) is 5. The van der Waals surface area contributed by atoms with Crippen molar-refractivity contribution in [3.8, 4) is 0 Å². The molecule has 1 spiro atoms. The third kappa shape index (κ3) is 3.37. The Bertz CT molecular complexity index is 1060. The van der Waals surface area contributed by atoms with Crippen molar-refractivity contribution in [3.63, 3.8) is 0 Å². The summed E-state index contributed by atoms with van der Waals surface area (Å²) in [5, 5.41) is 3.65. The summed E-state index contributed by atoms with van der Waals surface area (Å²) in [6.07, 6.45) is 1.26. The zero-order chi connectivity index (χ0) is 21.9. The molecule has 164 valence electrons. The van der Waals surface area contributed by atoms with Crippen LogP contribution in [-0.2, 0) is 29.0 Å². The van der Waals surface area contributed by atoms with Crippen LogP contribution < -0.4 is 5.32 Å². The largest absolute Gasteiger partial charge is 0.304 e. The number of fused-ring (bicyclic) bond motifs is 2. The highest BCUT2D eigenvalue weighted by atomic mass is 16.2. The number of benzene rings is 1. The van der Waals surface area contributed by atoms with Crippen molar-refractivity contribution in [1.29, 1.82) is 0 Å². The van der Waals surface area contributed by atoms with Gasteiger partial charge in [-0.15, -0.1) is 0 Å². The second-order valence-corrected chi connectivity index (χ2v) is 10.2. The number of likely N-dealkylation sites (N-methyl/N-ethyl adjacent to an activating group) is 1. The fourth-order valence-corrected chi connectivity index (χ4v) is 5.75. The quantitative estimate of drug-likeness (QED) is 0.773. The smallest absolute Gasteiger partial charge is 0.234 e. The lowest BCUT2D eigenvalue weighted by molar-refractivity contribution is -0.128. The standard InChI is InChI=1S/C25H32N4O2/c1-15(2)22-14-28(4)7-8-29(22)13-20-6-5-17-9-18-11-25(12-19(18)10-21(17)26-20)16(3)23(30)27-24(25)31/h5-6,9-10,15-16,22H,7-8,11-14H2,1-4H3,(H,27,30,31)/t16?,22-,25?/m1/s1. The molecule has 2 unspecified atom stereocenters. The van der Waals surface area contributed by atoms with Gasteiger partial charge in [-0.05, 0) is 55.1 Å². The van der Waals surface area contributed by atoms with Gasteiger partial charge in [-0.2, -0.15) is 0 Å². The van der Waals surface area contributed by atoms with E-state index in [1.165, 1.54) is 5.56 Å². The van der Waals surface area contributed by atoms with E-state index < -0.39 is 5.41 Å². The SMILES string of the molecule is CC(C)[C@H]1CN(C)CCN1Cc1ccc2cc3c(cc2n1)CC1(C3)C(=O)NC(=O)C1C. The molecule has 2 aliphatic heterocycles. The fourth-order valence-electron chi connectivity index (χ4n) is 5.75. The maximum absolute atomic E-state index is 12.6. The van der Waals surface area contributed by atoms with Gasteiger partial charge in [0.2, 0.25) is 11.8 Å². The number of imide groups is 1. The first-order valence-corrected chi connectivity index (χ1v) is 11.5. The van der Waals surface area contributed by atoms with Gasteiger partial charge in [0.25, 0.3) is 0 Å². The van der Waals surface area contributed by atoms with E-state index in [4.69, 9.17) is 4.98 Å². The van der Waals surface area contributed by atoms with Crippen LogP contribution in [0.15, 0.2) is 24.3 Å². The van der Waals surface area contributed by atoms with Crippen LogP contribution >= 0.6 is 0 Å². The van der Waals surface area contributed by atoms with Gasteiger partial charge >= 0.3 is 0 Å². The van der Waals surface area contributed by atoms with Crippen LogP contribution in [0, 0.1) is 17.3 Å². The number of amides is 2. The summed E-state index contributed by atoms with van der Waals surface area (Å²) in [5.74, 6) is 0.0532. The summed E-state index contributed by atoms with van der Waals surface area (Å²) >= 11 is 0. The van der Waals surface area contributed by atoms with Crippen LogP contribution in [0.3, 0.4) is 0 Å². The Morgan fingerprint density at radius 3 is 2.58 bits per heavy atom. The summed E-state index contributed by atoms with van der Waals surface area (Å²) in [7, 11) is 2.20. The fraction of sp³-hybridized carbons (Fsp3) is 0.560. The summed E-state index contributed by atoms with van der Waals surface area (Å²) in [6, 6.07) is 9.16. The van der Waals surface area contributed by atoms with E-state index in [2.05, 4.69) is 60.3 Å². The minimum Gasteiger partial charge on any atom is -0.304 e. The molecule has 3 aliphatic rings. The number of carbonyl (C=O) groups is 2. The lowest BCUT2D eigenvalue weighted by Crippen LogP contribution is -2.53. The van der Waals surface area contributed by atoms with Crippen LogP contribution in [0.5, 0.6) is 0 Å². The van der Waals surface area contributed by atoms with Crippen LogP contribution in [-0.4, -0.2) is 59.3 Å². The average molecular weight is 421 g/mol. The van der Waals surface area contributed by atoms with Crippen molar-refractivity contribution in [2.75, 3.05) is 26.7 Å². The van der Waals surface area contributed by atoms with Crippen molar-refractivity contribution >= 4 is 22.7 Å². The maximum atomic E-state index is 12.6. The number of nitrogens with zero attached hydrogens (tertiary/aromatic N) is 3. The molecule has 31 heavy (non-hydrogen) atoms. The van der Waals surface area contributed by atoms with Gasteiger partial charge in [0.1, 0.15) is 0 Å². The highest BCUT2D eigenvalue weighted by molar-refractivity contribution is 6.08. The molecule has 1 N–H and O–H groups in total. The van der Waals surface area contributed by atoms with Crippen molar-refractivity contribution in [1.82, 2.24) is 20.1 Å². The lowest BCUT2D eigenvalue weighted by atomic mass is 9.75. The number of pyridine rings is 1. The third-order valence-corrected chi connectivity index (χ3v) is 7.86. The highest BCUT2D eigenvalue weighted by Crippen LogP contribution is 2.46. The zero-order valence-electron chi connectivity index (χ0n) is 18.9. The van der Waals surface area contributed by atoms with Crippen molar-refractivity contribution in [2.45, 2.75) is 46.2 Å². The number of hydrogen-bond donors (Lipinski definition) is 1. The van der Waals surface area contributed by atoms with Crippen molar-refractivity contribution in [2.24, 2.45) is 17.3 Å². The van der Waals surface area contributed by atoms with Crippen LogP contribution in [0.1, 0.15) is 37.6 Å². The minimum absolute atomic E-state index is 0.117. The van der Waals surface area contributed by atoms with Gasteiger partial charge in [0.05, 0.1) is 22.5 Å². The van der Waals surface area contributed by atoms with E-state index in [1.807, 2.05) is 6.92 Å². The molecule has 6 nitrogen and oxygen atoms in total. The van der Waals surface area contributed by atoms with E-state index in [0.717, 1.165) is 48.3 Å². The summed E-state index contributed by atoms with van der Waals surface area (Å²) < 4.78 is 0. The van der Waals surface area contributed by atoms with E-state index in [-0.39, 0.29) is 17.7 Å². The molecular formula is C25H32N4O2. The first-order chi connectivity index (χ1) is 14.8. The van der Waals surface area contributed by atoms with Crippen molar-refractivity contribution in [3.05, 3.63) is 41.1 Å². The number of rotatable bonds is 3. The van der Waals surface area contributed by atoms with E-state index >= 15 is 0 Å². The number of nitrogens with one attached hydrogen (secondary N) is 1. The van der Waals surface area contributed by atoms with E-state index in [0.29, 0.717) is 24.8 Å². The Morgan fingerprint density at radius 1 is 1.16 bits per heavy atom. The molecule has 0 radical (unpaired) electrons. The predicted octanol–water partition coefficient (Wildman–Crippen LogP) is 2.38. The molecule has 2 amide bonds. The van der Waals surface area contributed by atoms with Crippen LogP contribution in [0.25, 0.3) is 10.9 Å². The molecule has 1 aromatic carbocycles. The highest BCUT2D eigenvalue weighted by Gasteiger charge is 2.55. The minimum atomic E-state index is -0.621. The predicted molar refractivity (Wildman–Crippen MR) is 120 cm³/mol. The molecule has 6 heteroatoms. The van der Waals surface area contributed by atoms with Gasteiger partial charge in [0, 0.05) is 37.6 Å². The van der Waals surface area contributed by atoms with Gasteiger partial charge in [-0.25, -0.2) is 0 Å². The summed E-state index contributed by atoms with van der Waals surface area (Å²) in [5.41, 5.74) is 3.80. The average Bonchev–Trinajstić information content (AvgIpc) is 3.20. The molecule has 0 saturated carbocycles. The van der Waals surface area contributed by atoms with Crippen molar-refractivity contribution < 1.29 is 9.59 Å². The molecular weight excluding hydrogens is 388 g/mol. The molecule has 1 aromatic heterocycles. The third-order valence-electron chi connectivity index (χ3n) is 7.86. The second-order valence-electron chi connectivity index (χ2n) is 10.2. The number of piperazine rings is 1. The summed E-state index contributed by atoms with van der Waals surface area (Å²) in [4.78, 5) is 34.7. The molecule has 0 bridgehead atoms. The first-order valence-electron chi connectivity index (χ1n) is 11.5. The Morgan fingerprint density at radius 2 is 1.90 bits per heavy atom. The molecule has 2 fully saturated rings. The molecule has 2 aromatic rings. The monoisotopic (exact) mass is 420 g/mol. The van der Waals surface area contributed by atoms with Gasteiger partial charge in [-0.1, -0.05) is 26.8 Å². The number of carbonyl (C=O) groups excluding carboxylic acids is 2. The molecule has 1 aliphatic carbocycles. The first kappa shape index (κ1) is 20.6. The number of aromatic nitrogens is 1. The van der Waals surface area contributed by atoms with E-state index in [1.54, 1.807) is 0 Å². The van der Waals surface area contributed by atoms with Crippen LogP contribution in [0.2, 0.25) is 0 Å². The van der Waals surface area contributed by atoms with Gasteiger partial charge in [0.15, 0.2) is 0 Å². The topological polar surface area (TPSA) is 65.5 Å². The Hall–Kier alpha value is -2.31. The molecule has 3 atom stereocenters. The maximum Gasteiger partial charge on any atom is 0.234 e. The molecule has 2 saturated heterocycles. The Labute approximate surface area is 184 Å². The van der Waals surface area contributed by atoms with E-state index in [9.17, 15) is 9.59 Å². The Balaban J connectivity index is 1.42. The van der Waals surface area contributed by atoms with Crippen LogP contribution in [0.4, 0.5) is 0 Å². The Kier molecular flexibility index (Phi) is 4.90. The second kappa shape index (κ2) is 7.38. The summed E-state index contributed by atoms with van der Waals surface area (Å²) in [6.45, 7) is 10.6. The normalized spacial score (nSPS) is 29.3.